The first kappa shape index (κ1) is 12.0. The van der Waals surface area contributed by atoms with Crippen molar-refractivity contribution in [3.05, 3.63) is 6.33 Å². The smallest absolute Gasteiger partial charge is 0.343 e. The Morgan fingerprint density at radius 2 is 2.06 bits per heavy atom. The molecule has 0 amide bonds. The van der Waals surface area contributed by atoms with Crippen molar-refractivity contribution in [2.24, 2.45) is 12.9 Å². The third-order valence-corrected chi connectivity index (χ3v) is 1.76. The topological polar surface area (TPSA) is 126 Å². The van der Waals surface area contributed by atoms with E-state index in [4.69, 9.17) is 15.3 Å². The molecule has 0 spiro atoms. The summed E-state index contributed by atoms with van der Waals surface area (Å²) < 4.78 is 11.9. The average Bonchev–Trinajstić information content (AvgIpc) is 2.75. The van der Waals surface area contributed by atoms with E-state index in [1.807, 2.05) is 0 Å². The van der Waals surface area contributed by atoms with E-state index >= 15 is 0 Å². The van der Waals surface area contributed by atoms with E-state index in [1.165, 1.54) is 11.0 Å². The van der Waals surface area contributed by atoms with Crippen molar-refractivity contribution in [2.45, 2.75) is 6.92 Å². The lowest BCUT2D eigenvalue weighted by atomic mass is 10.8. The van der Waals surface area contributed by atoms with E-state index in [0.717, 1.165) is 0 Å². The Labute approximate surface area is 102 Å². The Bertz CT molecular complexity index is 528. The maximum atomic E-state index is 5.25. The first-order chi connectivity index (χ1) is 8.71. The Morgan fingerprint density at radius 3 is 2.67 bits per heavy atom. The fraction of sp³-hybridized carbons (Fsp3) is 0.375. The number of rotatable bonds is 5. The molecule has 2 aromatic heterocycles. The van der Waals surface area contributed by atoms with Gasteiger partial charge in [0.05, 0.1) is 6.61 Å². The van der Waals surface area contributed by atoms with Crippen molar-refractivity contribution in [1.29, 1.82) is 0 Å². The minimum absolute atomic E-state index is 0.00685. The summed E-state index contributed by atoms with van der Waals surface area (Å²) in [5, 5.41) is 3.93. The zero-order chi connectivity index (χ0) is 13.0. The number of nitrogen functional groups attached to an aromatic ring is 1. The van der Waals surface area contributed by atoms with Gasteiger partial charge in [-0.25, -0.2) is 5.84 Å². The number of aryl methyl sites for hydroxylation is 1. The number of aromatic nitrogens is 6. The van der Waals surface area contributed by atoms with Gasteiger partial charge in [0.25, 0.3) is 0 Å². The molecule has 96 valence electrons. The third kappa shape index (κ3) is 2.79. The molecule has 2 heterocycles. The van der Waals surface area contributed by atoms with Gasteiger partial charge in [-0.05, 0) is 6.92 Å². The Hall–Kier alpha value is -2.49. The molecule has 0 aliphatic rings. The third-order valence-electron chi connectivity index (χ3n) is 1.76. The number of hydrazine groups is 1. The zero-order valence-corrected chi connectivity index (χ0v) is 9.86. The molecule has 10 heteroatoms. The predicted octanol–water partition coefficient (Wildman–Crippen LogP) is -0.523. The molecule has 0 fully saturated rings. The number of hydrogen-bond donors (Lipinski definition) is 2. The predicted molar refractivity (Wildman–Crippen MR) is 59.9 cm³/mol. The monoisotopic (exact) mass is 252 g/mol. The number of nitrogens with two attached hydrogens (primary N) is 1. The Balaban J connectivity index is 2.23. The molecular formula is C8H12N8O2. The van der Waals surface area contributed by atoms with E-state index in [2.05, 4.69) is 30.5 Å². The van der Waals surface area contributed by atoms with Gasteiger partial charge in [-0.1, -0.05) is 0 Å². The van der Waals surface area contributed by atoms with Gasteiger partial charge in [-0.15, -0.1) is 10.1 Å². The zero-order valence-electron chi connectivity index (χ0n) is 9.86. The molecule has 0 saturated carbocycles. The molecule has 0 atom stereocenters. The van der Waals surface area contributed by atoms with Crippen LogP contribution in [-0.2, 0) is 7.05 Å². The summed E-state index contributed by atoms with van der Waals surface area (Å²) in [6, 6.07) is 0.216. The number of nitrogens with zero attached hydrogens (tertiary/aromatic N) is 6. The molecule has 2 rings (SSSR count). The van der Waals surface area contributed by atoms with E-state index in [9.17, 15) is 0 Å². The van der Waals surface area contributed by atoms with Gasteiger partial charge in [0.2, 0.25) is 5.95 Å². The van der Waals surface area contributed by atoms with Crippen molar-refractivity contribution in [3.8, 4) is 18.0 Å². The van der Waals surface area contributed by atoms with Crippen LogP contribution in [0.5, 0.6) is 18.0 Å². The molecule has 0 unspecified atom stereocenters. The van der Waals surface area contributed by atoms with Gasteiger partial charge >= 0.3 is 18.0 Å². The van der Waals surface area contributed by atoms with Crippen LogP contribution in [-0.4, -0.2) is 36.3 Å². The fourth-order valence-corrected chi connectivity index (χ4v) is 1.09. The first-order valence-corrected chi connectivity index (χ1v) is 5.10. The van der Waals surface area contributed by atoms with Crippen LogP contribution in [0.1, 0.15) is 6.92 Å². The lowest BCUT2D eigenvalue weighted by Crippen LogP contribution is -2.13. The molecule has 3 N–H and O–H groups in total. The highest BCUT2D eigenvalue weighted by Crippen LogP contribution is 2.16. The molecule has 0 aliphatic heterocycles. The minimum atomic E-state index is -0.00685. The average molecular weight is 252 g/mol. The summed E-state index contributed by atoms with van der Waals surface area (Å²) in [4.78, 5) is 15.6. The van der Waals surface area contributed by atoms with Crippen molar-refractivity contribution in [2.75, 3.05) is 12.0 Å². The summed E-state index contributed by atoms with van der Waals surface area (Å²) in [5.74, 6) is 5.36. The highest BCUT2D eigenvalue weighted by Gasteiger charge is 2.10. The molecular weight excluding hydrogens is 240 g/mol. The maximum Gasteiger partial charge on any atom is 0.343 e. The normalized spacial score (nSPS) is 10.2. The second-order valence-electron chi connectivity index (χ2n) is 3.10. The first-order valence-electron chi connectivity index (χ1n) is 5.10. The van der Waals surface area contributed by atoms with Gasteiger partial charge < -0.3 is 9.47 Å². The van der Waals surface area contributed by atoms with Gasteiger partial charge in [-0.2, -0.15) is 15.0 Å². The fourth-order valence-electron chi connectivity index (χ4n) is 1.09. The summed E-state index contributed by atoms with van der Waals surface area (Å²) in [6.07, 6.45) is 1.49. The van der Waals surface area contributed by atoms with Crippen molar-refractivity contribution >= 4 is 5.95 Å². The van der Waals surface area contributed by atoms with Crippen LogP contribution in [0.25, 0.3) is 0 Å². The number of anilines is 1. The van der Waals surface area contributed by atoms with Crippen molar-refractivity contribution in [3.63, 3.8) is 0 Å². The molecule has 0 saturated heterocycles. The van der Waals surface area contributed by atoms with Gasteiger partial charge in [0, 0.05) is 7.05 Å². The van der Waals surface area contributed by atoms with Crippen LogP contribution < -0.4 is 20.7 Å². The van der Waals surface area contributed by atoms with E-state index in [-0.39, 0.29) is 24.0 Å². The number of nitrogens with one attached hydrogen (secondary N) is 1. The summed E-state index contributed by atoms with van der Waals surface area (Å²) in [6.45, 7) is 2.22. The Kier molecular flexibility index (Phi) is 3.48. The molecule has 0 bridgehead atoms. The highest BCUT2D eigenvalue weighted by atomic mass is 16.5. The summed E-state index contributed by atoms with van der Waals surface area (Å²) in [5.41, 5.74) is 2.29. The number of ether oxygens (including phenoxy) is 2. The number of hydrogen-bond acceptors (Lipinski definition) is 9. The van der Waals surface area contributed by atoms with Crippen LogP contribution >= 0.6 is 0 Å². The van der Waals surface area contributed by atoms with Crippen LogP contribution in [0.15, 0.2) is 6.33 Å². The second kappa shape index (κ2) is 5.23. The van der Waals surface area contributed by atoms with Gasteiger partial charge in [-0.3, -0.25) is 10.1 Å². The molecule has 0 radical (unpaired) electrons. The van der Waals surface area contributed by atoms with Crippen molar-refractivity contribution in [1.82, 2.24) is 29.7 Å². The largest absolute Gasteiger partial charge is 0.464 e. The van der Waals surface area contributed by atoms with Crippen molar-refractivity contribution < 1.29 is 9.47 Å². The van der Waals surface area contributed by atoms with Gasteiger partial charge in [0.15, 0.2) is 0 Å². The van der Waals surface area contributed by atoms with Crippen LogP contribution in [0, 0.1) is 0 Å². The quantitative estimate of drug-likeness (QED) is 0.533. The van der Waals surface area contributed by atoms with Crippen LogP contribution in [0.4, 0.5) is 5.95 Å². The van der Waals surface area contributed by atoms with E-state index < -0.39 is 0 Å². The maximum absolute atomic E-state index is 5.25. The second-order valence-corrected chi connectivity index (χ2v) is 3.10. The molecule has 18 heavy (non-hydrogen) atoms. The molecule has 0 aliphatic carbocycles. The summed E-state index contributed by atoms with van der Waals surface area (Å²) >= 11 is 0. The SMILES string of the molecule is CCOc1nc(NN)nc(Oc2ncn(C)n2)n1. The lowest BCUT2D eigenvalue weighted by Gasteiger charge is -2.05. The lowest BCUT2D eigenvalue weighted by molar-refractivity contribution is 0.301. The van der Waals surface area contributed by atoms with Gasteiger partial charge in [0.1, 0.15) is 6.33 Å². The van der Waals surface area contributed by atoms with Crippen LogP contribution in [0.2, 0.25) is 0 Å². The standard InChI is InChI=1S/C8H12N8O2/c1-3-17-7-11-5(14-9)12-8(13-7)18-6-10-4-16(2)15-6/h4H,3,9H2,1-2H3,(H,11,12,13,14). The molecule has 2 aromatic rings. The minimum Gasteiger partial charge on any atom is -0.464 e. The highest BCUT2D eigenvalue weighted by molar-refractivity contribution is 5.26. The van der Waals surface area contributed by atoms with Crippen LogP contribution in [0.3, 0.4) is 0 Å². The van der Waals surface area contributed by atoms with E-state index in [1.54, 1.807) is 14.0 Å². The molecule has 0 aromatic carbocycles. The Morgan fingerprint density at radius 1 is 1.28 bits per heavy atom. The summed E-state index contributed by atoms with van der Waals surface area (Å²) in [7, 11) is 1.71. The molecule has 10 nitrogen and oxygen atoms in total. The van der Waals surface area contributed by atoms with E-state index in [0.29, 0.717) is 6.61 Å².